The van der Waals surface area contributed by atoms with Gasteiger partial charge in [0.25, 0.3) is 5.91 Å². The van der Waals surface area contributed by atoms with E-state index >= 15 is 0 Å². The summed E-state index contributed by atoms with van der Waals surface area (Å²) in [5.74, 6) is -1.39. The Labute approximate surface area is 116 Å². The highest BCUT2D eigenvalue weighted by atomic mass is 16.5. The Morgan fingerprint density at radius 1 is 1.60 bits per heavy atom. The molecule has 110 valence electrons. The van der Waals surface area contributed by atoms with E-state index in [4.69, 9.17) is 9.84 Å². The Morgan fingerprint density at radius 3 is 2.85 bits per heavy atom. The van der Waals surface area contributed by atoms with Gasteiger partial charge in [-0.2, -0.15) is 0 Å². The minimum Gasteiger partial charge on any atom is -0.480 e. The maximum Gasteiger partial charge on any atom is 0.325 e. The van der Waals surface area contributed by atoms with Crippen LogP contribution >= 0.6 is 0 Å². The lowest BCUT2D eigenvalue weighted by Crippen LogP contribution is -2.61. The first-order valence-electron chi connectivity index (χ1n) is 6.30. The van der Waals surface area contributed by atoms with Crippen molar-refractivity contribution >= 4 is 11.9 Å². The number of carboxylic acid groups (broad SMARTS) is 1. The third-order valence-electron chi connectivity index (χ3n) is 3.84. The molecular formula is C12H18N4O4. The van der Waals surface area contributed by atoms with E-state index in [0.717, 1.165) is 11.1 Å². The van der Waals surface area contributed by atoms with E-state index in [0.29, 0.717) is 0 Å². The summed E-state index contributed by atoms with van der Waals surface area (Å²) in [5, 5.41) is 18.8. The first kappa shape index (κ1) is 14.4. The van der Waals surface area contributed by atoms with Crippen LogP contribution in [0.2, 0.25) is 0 Å². The van der Waals surface area contributed by atoms with Crippen molar-refractivity contribution in [3.05, 3.63) is 11.9 Å². The molecule has 2 N–H and O–H groups in total. The van der Waals surface area contributed by atoms with Crippen LogP contribution in [0.15, 0.2) is 6.20 Å². The lowest BCUT2D eigenvalue weighted by molar-refractivity contribution is -0.137. The molecule has 0 spiro atoms. The van der Waals surface area contributed by atoms with E-state index in [9.17, 15) is 9.59 Å². The second-order valence-electron chi connectivity index (χ2n) is 5.50. The number of aliphatic carboxylic acids is 1. The van der Waals surface area contributed by atoms with Gasteiger partial charge >= 0.3 is 5.97 Å². The molecule has 1 amide bonds. The van der Waals surface area contributed by atoms with Crippen LogP contribution in [0.3, 0.4) is 0 Å². The van der Waals surface area contributed by atoms with Gasteiger partial charge in [0.15, 0.2) is 5.69 Å². The Morgan fingerprint density at radius 2 is 2.30 bits per heavy atom. The average Bonchev–Trinajstić information content (AvgIpc) is 2.81. The summed E-state index contributed by atoms with van der Waals surface area (Å²) < 4.78 is 6.43. The van der Waals surface area contributed by atoms with Gasteiger partial charge < -0.3 is 15.2 Å². The summed E-state index contributed by atoms with van der Waals surface area (Å²) in [5.41, 5.74) is -0.0236. The highest BCUT2D eigenvalue weighted by molar-refractivity contribution is 5.92. The SMILES string of the molecule is COC1CC(NC(=O)c2cn(CC(=O)O)nn2)C1(C)C. The smallest absolute Gasteiger partial charge is 0.325 e. The molecule has 2 atom stereocenters. The lowest BCUT2D eigenvalue weighted by atomic mass is 9.64. The molecular weight excluding hydrogens is 264 g/mol. The van der Waals surface area contributed by atoms with Crippen LogP contribution in [-0.4, -0.2) is 51.2 Å². The average molecular weight is 282 g/mol. The fourth-order valence-corrected chi connectivity index (χ4v) is 2.38. The molecule has 2 rings (SSSR count). The predicted molar refractivity (Wildman–Crippen MR) is 68.1 cm³/mol. The van der Waals surface area contributed by atoms with Gasteiger partial charge in [0.2, 0.25) is 0 Å². The van der Waals surface area contributed by atoms with Crippen molar-refractivity contribution < 1.29 is 19.4 Å². The predicted octanol–water partition coefficient (Wildman–Crippen LogP) is -0.0940. The normalized spacial score (nSPS) is 23.9. The maximum atomic E-state index is 12.0. The van der Waals surface area contributed by atoms with Crippen LogP contribution in [0.5, 0.6) is 0 Å². The molecule has 0 radical (unpaired) electrons. The zero-order valence-electron chi connectivity index (χ0n) is 11.7. The van der Waals surface area contributed by atoms with Crippen molar-refractivity contribution in [1.29, 1.82) is 0 Å². The summed E-state index contributed by atoms with van der Waals surface area (Å²) in [6.45, 7) is 3.73. The van der Waals surface area contributed by atoms with Crippen LogP contribution in [-0.2, 0) is 16.1 Å². The second-order valence-corrected chi connectivity index (χ2v) is 5.50. The molecule has 20 heavy (non-hydrogen) atoms. The van der Waals surface area contributed by atoms with Crippen LogP contribution < -0.4 is 5.32 Å². The number of methoxy groups -OCH3 is 1. The lowest BCUT2D eigenvalue weighted by Gasteiger charge is -2.51. The van der Waals surface area contributed by atoms with Crippen molar-refractivity contribution in [1.82, 2.24) is 20.3 Å². The zero-order chi connectivity index (χ0) is 14.9. The van der Waals surface area contributed by atoms with Gasteiger partial charge in [-0.05, 0) is 6.42 Å². The standard InChI is InChI=1S/C12H18N4O4/c1-12(2)8(4-9(12)20-3)13-11(19)7-5-16(15-14-7)6-10(17)18/h5,8-9H,4,6H2,1-3H3,(H,13,19)(H,17,18). The molecule has 1 aliphatic carbocycles. The molecule has 1 aromatic rings. The minimum atomic E-state index is -1.04. The van der Waals surface area contributed by atoms with E-state index in [1.54, 1.807) is 7.11 Å². The van der Waals surface area contributed by atoms with Gasteiger partial charge in [-0.25, -0.2) is 4.68 Å². The van der Waals surface area contributed by atoms with E-state index < -0.39 is 5.97 Å². The largest absolute Gasteiger partial charge is 0.480 e. The number of rotatable bonds is 5. The van der Waals surface area contributed by atoms with Crippen molar-refractivity contribution in [2.24, 2.45) is 5.41 Å². The van der Waals surface area contributed by atoms with Gasteiger partial charge in [-0.3, -0.25) is 9.59 Å². The summed E-state index contributed by atoms with van der Waals surface area (Å²) in [6, 6.07) is 0.00423. The molecule has 1 aliphatic rings. The molecule has 1 aromatic heterocycles. The molecule has 1 fully saturated rings. The molecule has 0 saturated heterocycles. The quantitative estimate of drug-likeness (QED) is 0.781. The summed E-state index contributed by atoms with van der Waals surface area (Å²) in [7, 11) is 1.65. The Bertz CT molecular complexity index is 525. The summed E-state index contributed by atoms with van der Waals surface area (Å²) >= 11 is 0. The van der Waals surface area contributed by atoms with Crippen LogP contribution in [0.25, 0.3) is 0 Å². The fourth-order valence-electron chi connectivity index (χ4n) is 2.38. The number of carbonyl (C=O) groups is 2. The number of carboxylic acids is 1. The topological polar surface area (TPSA) is 106 Å². The monoisotopic (exact) mass is 282 g/mol. The molecule has 0 bridgehead atoms. The summed E-state index contributed by atoms with van der Waals surface area (Å²) in [6.07, 6.45) is 2.19. The number of hydrogen-bond donors (Lipinski definition) is 2. The highest BCUT2D eigenvalue weighted by Gasteiger charge is 2.49. The second kappa shape index (κ2) is 5.20. The van der Waals surface area contributed by atoms with E-state index in [2.05, 4.69) is 15.6 Å². The van der Waals surface area contributed by atoms with Gasteiger partial charge in [0.05, 0.1) is 12.3 Å². The van der Waals surface area contributed by atoms with Crippen LogP contribution in [0, 0.1) is 5.41 Å². The minimum absolute atomic E-state index is 0.00423. The first-order valence-corrected chi connectivity index (χ1v) is 6.30. The number of amides is 1. The Kier molecular flexibility index (Phi) is 3.76. The van der Waals surface area contributed by atoms with Crippen molar-refractivity contribution in [3.8, 4) is 0 Å². The molecule has 8 nitrogen and oxygen atoms in total. The third-order valence-corrected chi connectivity index (χ3v) is 3.84. The van der Waals surface area contributed by atoms with E-state index in [1.165, 1.54) is 6.20 Å². The van der Waals surface area contributed by atoms with Gasteiger partial charge in [-0.15, -0.1) is 5.10 Å². The van der Waals surface area contributed by atoms with Crippen LogP contribution in [0.4, 0.5) is 0 Å². The van der Waals surface area contributed by atoms with Gasteiger partial charge in [0.1, 0.15) is 6.54 Å². The number of nitrogens with zero attached hydrogens (tertiary/aromatic N) is 3. The van der Waals surface area contributed by atoms with Crippen LogP contribution in [0.1, 0.15) is 30.8 Å². The van der Waals surface area contributed by atoms with Crippen molar-refractivity contribution in [2.45, 2.75) is 39.0 Å². The Balaban J connectivity index is 1.96. The van der Waals surface area contributed by atoms with E-state index in [-0.39, 0.29) is 35.7 Å². The number of nitrogens with one attached hydrogen (secondary N) is 1. The number of aromatic nitrogens is 3. The molecule has 1 heterocycles. The van der Waals surface area contributed by atoms with E-state index in [1.807, 2.05) is 13.8 Å². The number of carbonyl (C=O) groups excluding carboxylic acids is 1. The highest BCUT2D eigenvalue weighted by Crippen LogP contribution is 2.42. The Hall–Kier alpha value is -1.96. The molecule has 1 saturated carbocycles. The first-order chi connectivity index (χ1) is 9.34. The molecule has 0 aromatic carbocycles. The zero-order valence-corrected chi connectivity index (χ0v) is 11.7. The molecule has 2 unspecified atom stereocenters. The van der Waals surface area contributed by atoms with Gasteiger partial charge in [0, 0.05) is 18.6 Å². The fraction of sp³-hybridized carbons (Fsp3) is 0.667. The maximum absolute atomic E-state index is 12.0. The summed E-state index contributed by atoms with van der Waals surface area (Å²) in [4.78, 5) is 22.5. The van der Waals surface area contributed by atoms with Crippen molar-refractivity contribution in [2.75, 3.05) is 7.11 Å². The third kappa shape index (κ3) is 2.64. The van der Waals surface area contributed by atoms with Gasteiger partial charge in [-0.1, -0.05) is 19.1 Å². The molecule has 8 heteroatoms. The van der Waals surface area contributed by atoms with Crippen molar-refractivity contribution in [3.63, 3.8) is 0 Å². The number of hydrogen-bond acceptors (Lipinski definition) is 5. The number of ether oxygens (including phenoxy) is 1. The molecule has 0 aliphatic heterocycles.